The maximum atomic E-state index is 14.1. The van der Waals surface area contributed by atoms with E-state index in [0.29, 0.717) is 111 Å². The fourth-order valence-corrected chi connectivity index (χ4v) is 9.96. The number of imide groups is 1. The number of halogens is 1. The molecule has 4 saturated heterocycles. The molecule has 1 aliphatic carbocycles. The molecule has 1 spiro atoms. The van der Waals surface area contributed by atoms with Crippen molar-refractivity contribution in [3.8, 4) is 17.0 Å². The summed E-state index contributed by atoms with van der Waals surface area (Å²) in [4.78, 5) is 85.7. The van der Waals surface area contributed by atoms with E-state index in [2.05, 4.69) is 37.6 Å². The van der Waals surface area contributed by atoms with Gasteiger partial charge in [0.15, 0.2) is 0 Å². The van der Waals surface area contributed by atoms with Crippen LogP contribution in [-0.4, -0.2) is 111 Å². The number of ether oxygens (including phenoxy) is 1. The smallest absolute Gasteiger partial charge is 0.255 e. The zero-order chi connectivity index (χ0) is 42.5. The third kappa shape index (κ3) is 7.99. The number of hydrogen-bond donors (Lipinski definition) is 2. The van der Waals surface area contributed by atoms with Gasteiger partial charge in [0.25, 0.3) is 5.91 Å². The predicted octanol–water partition coefficient (Wildman–Crippen LogP) is 5.46. The van der Waals surface area contributed by atoms with Crippen molar-refractivity contribution < 1.29 is 28.7 Å². The van der Waals surface area contributed by atoms with Crippen LogP contribution in [-0.2, 0) is 25.7 Å². The van der Waals surface area contributed by atoms with Crippen LogP contribution in [0.1, 0.15) is 85.2 Å². The van der Waals surface area contributed by atoms with Gasteiger partial charge in [-0.05, 0) is 99.0 Å². The Bertz CT molecular complexity index is 2460. The molecule has 5 amide bonds. The molecule has 6 aliphatic rings. The summed E-state index contributed by atoms with van der Waals surface area (Å²) in [6, 6.07) is 15.0. The number of hydrogen-bond acceptors (Lipinski definition) is 11. The number of likely N-dealkylation sites (tertiary alicyclic amines) is 2. The van der Waals surface area contributed by atoms with Crippen LogP contribution in [0.25, 0.3) is 11.3 Å². The molecule has 2 N–H and O–H groups in total. The van der Waals surface area contributed by atoms with Gasteiger partial charge in [-0.15, -0.1) is 0 Å². The number of nitrogens with zero attached hydrogens (tertiary/aromatic N) is 7. The highest BCUT2D eigenvalue weighted by Gasteiger charge is 2.49. The van der Waals surface area contributed by atoms with E-state index in [4.69, 9.17) is 21.3 Å². The SMILES string of the molecule is O=C1CCC(N2Cc3cc(OC4CCN(C(=O)CN5CCC6(CC5)CCN(c5cncc(Nc7ncc(Cl)c(-c8cccc(C9CC9)c8)n7)c5)C6=O)CC4)ccc3C2=O)C(=O)N1. The van der Waals surface area contributed by atoms with Crippen molar-refractivity contribution in [1.82, 2.24) is 35.0 Å². The molecule has 62 heavy (non-hydrogen) atoms. The number of anilines is 3. The Labute approximate surface area is 364 Å². The number of fused-ring (bicyclic) bond motifs is 1. The standard InChI is InChI=1S/C46H48ClN9O6/c47-37-25-49-45(52-41(37)30-3-1-2-29(20-30)28-4-5-28)50-32-22-33(24-48-23-32)55-19-14-46(44(55)61)12-17-53(18-13-46)27-40(58)54-15-10-34(11-16-54)62-35-6-7-36-31(21-35)26-56(43(36)60)38-8-9-39(57)51-42(38)59/h1-3,6-7,20-25,28,34,38H,4-5,8-19,26-27H2,(H,49,50,52)(H,51,57,59). The number of carbonyl (C=O) groups excluding carboxylic acids is 5. The maximum Gasteiger partial charge on any atom is 0.255 e. The minimum absolute atomic E-state index is 0.0725. The summed E-state index contributed by atoms with van der Waals surface area (Å²) >= 11 is 6.56. The normalized spacial score (nSPS) is 21.7. The molecule has 0 bridgehead atoms. The van der Waals surface area contributed by atoms with Gasteiger partial charge < -0.3 is 24.8 Å². The summed E-state index contributed by atoms with van der Waals surface area (Å²) in [6.45, 7) is 3.73. The molecule has 1 saturated carbocycles. The predicted molar refractivity (Wildman–Crippen MR) is 230 cm³/mol. The average molecular weight is 858 g/mol. The van der Waals surface area contributed by atoms with E-state index in [1.807, 2.05) is 34.1 Å². The fraction of sp³-hybridized carbons (Fsp3) is 0.435. The Balaban J connectivity index is 0.692. The summed E-state index contributed by atoms with van der Waals surface area (Å²) in [6.07, 6.45) is 11.4. The maximum absolute atomic E-state index is 14.1. The highest BCUT2D eigenvalue weighted by molar-refractivity contribution is 6.32. The van der Waals surface area contributed by atoms with E-state index in [1.165, 1.54) is 23.3 Å². The van der Waals surface area contributed by atoms with Crippen LogP contribution in [0.4, 0.5) is 17.3 Å². The van der Waals surface area contributed by atoms with Gasteiger partial charge in [-0.1, -0.05) is 29.8 Å². The topological polar surface area (TPSA) is 170 Å². The number of nitrogens with one attached hydrogen (secondary N) is 2. The third-order valence-corrected chi connectivity index (χ3v) is 13.8. The lowest BCUT2D eigenvalue weighted by atomic mass is 9.77. The number of pyridine rings is 1. The first-order valence-corrected chi connectivity index (χ1v) is 22.1. The van der Waals surface area contributed by atoms with Crippen molar-refractivity contribution in [2.24, 2.45) is 5.41 Å². The van der Waals surface area contributed by atoms with E-state index in [9.17, 15) is 24.0 Å². The van der Waals surface area contributed by atoms with Crippen molar-refractivity contribution in [3.05, 3.63) is 88.8 Å². The second-order valence-corrected chi connectivity index (χ2v) is 17.9. The van der Waals surface area contributed by atoms with Crippen molar-refractivity contribution in [1.29, 1.82) is 0 Å². The lowest BCUT2D eigenvalue weighted by molar-refractivity contribution is -0.137. The van der Waals surface area contributed by atoms with Gasteiger partial charge in [0.2, 0.25) is 29.6 Å². The largest absolute Gasteiger partial charge is 0.490 e. The van der Waals surface area contributed by atoms with Gasteiger partial charge in [0.05, 0.1) is 52.6 Å². The van der Waals surface area contributed by atoms with Crippen LogP contribution < -0.4 is 20.3 Å². The molecule has 4 aromatic rings. The third-order valence-electron chi connectivity index (χ3n) is 13.5. The number of amides is 5. The molecule has 7 heterocycles. The zero-order valence-corrected chi connectivity index (χ0v) is 35.1. The van der Waals surface area contributed by atoms with Crippen molar-refractivity contribution >= 4 is 58.5 Å². The second kappa shape index (κ2) is 16.4. The number of carbonyl (C=O) groups is 5. The van der Waals surface area contributed by atoms with Crippen LogP contribution in [0.5, 0.6) is 5.75 Å². The summed E-state index contributed by atoms with van der Waals surface area (Å²) < 4.78 is 6.33. The molecule has 1 unspecified atom stereocenters. The second-order valence-electron chi connectivity index (χ2n) is 17.5. The average Bonchev–Trinajstić information content (AvgIpc) is 4.02. The van der Waals surface area contributed by atoms with Gasteiger partial charge in [-0.2, -0.15) is 0 Å². The highest BCUT2D eigenvalue weighted by atomic mass is 35.5. The molecule has 15 nitrogen and oxygen atoms in total. The molecular formula is C46H48ClN9O6. The Kier molecular flexibility index (Phi) is 10.6. The van der Waals surface area contributed by atoms with E-state index in [1.54, 1.807) is 30.7 Å². The van der Waals surface area contributed by atoms with Crippen molar-refractivity contribution in [2.75, 3.05) is 49.5 Å². The molecule has 10 rings (SSSR count). The Hall–Kier alpha value is -5.93. The van der Waals surface area contributed by atoms with Gasteiger partial charge in [0, 0.05) is 56.6 Å². The van der Waals surface area contributed by atoms with Crippen LogP contribution >= 0.6 is 11.6 Å². The Morgan fingerprint density at radius 1 is 0.903 bits per heavy atom. The Morgan fingerprint density at radius 2 is 1.71 bits per heavy atom. The van der Waals surface area contributed by atoms with Gasteiger partial charge in [0.1, 0.15) is 17.9 Å². The van der Waals surface area contributed by atoms with E-state index in [0.717, 1.165) is 23.2 Å². The molecule has 5 aliphatic heterocycles. The number of rotatable bonds is 10. The molecule has 0 radical (unpaired) electrons. The zero-order valence-electron chi connectivity index (χ0n) is 34.4. The van der Waals surface area contributed by atoms with Gasteiger partial charge in [-0.3, -0.25) is 39.2 Å². The molecule has 5 fully saturated rings. The molecule has 1 atom stereocenters. The first kappa shape index (κ1) is 40.2. The summed E-state index contributed by atoms with van der Waals surface area (Å²) in [5.74, 6) is 0.881. The first-order valence-electron chi connectivity index (χ1n) is 21.7. The number of aromatic nitrogens is 3. The van der Waals surface area contributed by atoms with Crippen molar-refractivity contribution in [3.63, 3.8) is 0 Å². The molecular weight excluding hydrogens is 810 g/mol. The van der Waals surface area contributed by atoms with Crippen LogP contribution in [0.2, 0.25) is 5.02 Å². The fourth-order valence-electron chi connectivity index (χ4n) is 9.76. The monoisotopic (exact) mass is 857 g/mol. The van der Waals surface area contributed by atoms with Crippen LogP contribution in [0.3, 0.4) is 0 Å². The minimum atomic E-state index is -0.663. The highest BCUT2D eigenvalue weighted by Crippen LogP contribution is 2.44. The van der Waals surface area contributed by atoms with E-state index < -0.39 is 17.4 Å². The number of piperidine rings is 3. The first-order chi connectivity index (χ1) is 30.1. The lowest BCUT2D eigenvalue weighted by Crippen LogP contribution is -2.52. The van der Waals surface area contributed by atoms with E-state index in [-0.39, 0.29) is 42.7 Å². The van der Waals surface area contributed by atoms with Crippen molar-refractivity contribution in [2.45, 2.75) is 82.4 Å². The minimum Gasteiger partial charge on any atom is -0.490 e. The summed E-state index contributed by atoms with van der Waals surface area (Å²) in [7, 11) is 0. The number of benzene rings is 2. The van der Waals surface area contributed by atoms with Gasteiger partial charge >= 0.3 is 0 Å². The van der Waals surface area contributed by atoms with Gasteiger partial charge in [-0.25, -0.2) is 9.97 Å². The Morgan fingerprint density at radius 3 is 2.50 bits per heavy atom. The quantitative estimate of drug-likeness (QED) is 0.194. The molecule has 16 heteroatoms. The van der Waals surface area contributed by atoms with Crippen LogP contribution in [0, 0.1) is 5.41 Å². The van der Waals surface area contributed by atoms with Crippen LogP contribution in [0.15, 0.2) is 67.1 Å². The summed E-state index contributed by atoms with van der Waals surface area (Å²) in [5, 5.41) is 6.08. The molecule has 2 aromatic carbocycles. The molecule has 2 aromatic heterocycles. The molecule has 320 valence electrons. The van der Waals surface area contributed by atoms with E-state index >= 15 is 0 Å². The summed E-state index contributed by atoms with van der Waals surface area (Å²) in [5.41, 5.74) is 5.17. The lowest BCUT2D eigenvalue weighted by Gasteiger charge is -2.39.